The van der Waals surface area contributed by atoms with Gasteiger partial charge >= 0.3 is 6.03 Å². The van der Waals surface area contributed by atoms with E-state index < -0.39 is 5.54 Å². The number of amides is 2. The van der Waals surface area contributed by atoms with Crippen molar-refractivity contribution in [2.45, 2.75) is 25.3 Å². The lowest BCUT2D eigenvalue weighted by Gasteiger charge is -2.28. The maximum absolute atomic E-state index is 11.9. The largest absolute Gasteiger partial charge is 0.394 e. The first-order valence-electron chi connectivity index (χ1n) is 5.99. The molecule has 1 unspecified atom stereocenters. The maximum Gasteiger partial charge on any atom is 0.319 e. The first-order valence-corrected chi connectivity index (χ1v) is 6.37. The molecule has 3 N–H and O–H groups in total. The van der Waals surface area contributed by atoms with Crippen molar-refractivity contribution >= 4 is 23.3 Å². The number of aliphatic hydroxyl groups excluding tert-OH is 1. The molecule has 1 fully saturated rings. The average molecular weight is 269 g/mol. The molecular formula is C13H17ClN2O2. The number of hydrogen-bond donors (Lipinski definition) is 3. The minimum absolute atomic E-state index is 0.0549. The molecule has 98 valence electrons. The lowest BCUT2D eigenvalue weighted by atomic mass is 9.97. The molecule has 1 saturated carbocycles. The molecule has 0 aromatic heterocycles. The van der Waals surface area contributed by atoms with Gasteiger partial charge < -0.3 is 15.7 Å². The van der Waals surface area contributed by atoms with E-state index in [1.807, 2.05) is 6.92 Å². The van der Waals surface area contributed by atoms with Crippen molar-refractivity contribution in [1.29, 1.82) is 0 Å². The van der Waals surface area contributed by atoms with Gasteiger partial charge in [0.05, 0.1) is 12.1 Å². The van der Waals surface area contributed by atoms with Gasteiger partial charge in [-0.2, -0.15) is 0 Å². The Morgan fingerprint density at radius 3 is 2.83 bits per heavy atom. The molecule has 0 bridgehead atoms. The number of carbonyl (C=O) groups is 1. The van der Waals surface area contributed by atoms with Crippen molar-refractivity contribution in [1.82, 2.24) is 5.32 Å². The first-order chi connectivity index (χ1) is 8.53. The molecule has 0 heterocycles. The minimum Gasteiger partial charge on any atom is -0.394 e. The van der Waals surface area contributed by atoms with Gasteiger partial charge in [-0.3, -0.25) is 0 Å². The number of benzene rings is 1. The highest BCUT2D eigenvalue weighted by Crippen LogP contribution is 2.39. The fourth-order valence-electron chi connectivity index (χ4n) is 1.98. The third kappa shape index (κ3) is 3.15. The van der Waals surface area contributed by atoms with E-state index in [1.54, 1.807) is 24.3 Å². The third-order valence-electron chi connectivity index (χ3n) is 3.29. The molecule has 1 aliphatic carbocycles. The van der Waals surface area contributed by atoms with Gasteiger partial charge in [-0.1, -0.05) is 17.7 Å². The molecule has 2 amide bonds. The molecule has 4 nitrogen and oxygen atoms in total. The van der Waals surface area contributed by atoms with Crippen LogP contribution in [0.3, 0.4) is 0 Å². The molecule has 1 aromatic rings. The van der Waals surface area contributed by atoms with Gasteiger partial charge in [0, 0.05) is 10.7 Å². The van der Waals surface area contributed by atoms with Crippen LogP contribution in [0.5, 0.6) is 0 Å². The van der Waals surface area contributed by atoms with Crippen LogP contribution in [0.2, 0.25) is 5.02 Å². The number of aliphatic hydroxyl groups is 1. The van der Waals surface area contributed by atoms with Gasteiger partial charge in [-0.15, -0.1) is 0 Å². The van der Waals surface area contributed by atoms with Gasteiger partial charge in [0.25, 0.3) is 0 Å². The Balaban J connectivity index is 1.96. The minimum atomic E-state index is -0.539. The molecule has 0 saturated heterocycles. The van der Waals surface area contributed by atoms with Crippen LogP contribution < -0.4 is 10.6 Å². The average Bonchev–Trinajstić information content (AvgIpc) is 3.12. The van der Waals surface area contributed by atoms with Crippen molar-refractivity contribution in [3.05, 3.63) is 29.3 Å². The Morgan fingerprint density at radius 1 is 1.56 bits per heavy atom. The van der Waals surface area contributed by atoms with Crippen molar-refractivity contribution in [2.24, 2.45) is 5.92 Å². The van der Waals surface area contributed by atoms with Gasteiger partial charge in [-0.05, 0) is 43.9 Å². The monoisotopic (exact) mass is 268 g/mol. The Labute approximate surface area is 111 Å². The molecule has 0 radical (unpaired) electrons. The van der Waals surface area contributed by atoms with Crippen molar-refractivity contribution in [3.63, 3.8) is 0 Å². The van der Waals surface area contributed by atoms with Crippen LogP contribution in [0.15, 0.2) is 24.3 Å². The Kier molecular flexibility index (Phi) is 3.78. The summed E-state index contributed by atoms with van der Waals surface area (Å²) in [5, 5.41) is 15.5. The fourth-order valence-corrected chi connectivity index (χ4v) is 2.17. The van der Waals surface area contributed by atoms with E-state index >= 15 is 0 Å². The molecule has 0 aliphatic heterocycles. The summed E-state index contributed by atoms with van der Waals surface area (Å²) in [5.41, 5.74) is 0.0962. The fraction of sp³-hybridized carbons (Fsp3) is 0.462. The van der Waals surface area contributed by atoms with E-state index in [1.165, 1.54) is 0 Å². The second-order valence-corrected chi connectivity index (χ2v) is 5.38. The van der Waals surface area contributed by atoms with Gasteiger partial charge in [0.2, 0.25) is 0 Å². The Bertz CT molecular complexity index is 448. The molecule has 18 heavy (non-hydrogen) atoms. The quantitative estimate of drug-likeness (QED) is 0.786. The van der Waals surface area contributed by atoms with Crippen LogP contribution >= 0.6 is 11.6 Å². The summed E-state index contributed by atoms with van der Waals surface area (Å²) in [7, 11) is 0. The van der Waals surface area contributed by atoms with E-state index in [0.717, 1.165) is 12.8 Å². The van der Waals surface area contributed by atoms with Gasteiger partial charge in [0.15, 0.2) is 0 Å². The smallest absolute Gasteiger partial charge is 0.319 e. The number of hydrogen-bond acceptors (Lipinski definition) is 2. The van der Waals surface area contributed by atoms with Crippen molar-refractivity contribution < 1.29 is 9.90 Å². The lowest BCUT2D eigenvalue weighted by Crippen LogP contribution is -2.52. The molecular weight excluding hydrogens is 252 g/mol. The maximum atomic E-state index is 11.9. The predicted molar refractivity (Wildman–Crippen MR) is 71.8 cm³/mol. The van der Waals surface area contributed by atoms with Gasteiger partial charge in [0.1, 0.15) is 0 Å². The number of carbonyl (C=O) groups excluding carboxylic acids is 1. The highest BCUT2D eigenvalue weighted by Gasteiger charge is 2.42. The summed E-state index contributed by atoms with van der Waals surface area (Å²) in [6.07, 6.45) is 2.10. The molecule has 1 atom stereocenters. The van der Waals surface area contributed by atoms with E-state index in [-0.39, 0.29) is 12.6 Å². The standard InChI is InChI=1S/C13H17ClN2O2/c1-13(8-17,9-5-6-9)16-12(18)15-11-4-2-3-10(14)7-11/h2-4,7,9,17H,5-6,8H2,1H3,(H2,15,16,18). The summed E-state index contributed by atoms with van der Waals surface area (Å²) in [6, 6.07) is 6.63. The first kappa shape index (κ1) is 13.2. The molecule has 1 aromatic carbocycles. The number of anilines is 1. The van der Waals surface area contributed by atoms with Crippen LogP contribution in [-0.2, 0) is 0 Å². The zero-order valence-corrected chi connectivity index (χ0v) is 11.0. The molecule has 1 aliphatic rings. The highest BCUT2D eigenvalue weighted by molar-refractivity contribution is 6.30. The van der Waals surface area contributed by atoms with Crippen LogP contribution in [0.25, 0.3) is 0 Å². The van der Waals surface area contributed by atoms with E-state index in [2.05, 4.69) is 10.6 Å². The van der Waals surface area contributed by atoms with E-state index in [0.29, 0.717) is 16.6 Å². The van der Waals surface area contributed by atoms with Gasteiger partial charge in [-0.25, -0.2) is 4.79 Å². The summed E-state index contributed by atoms with van der Waals surface area (Å²) >= 11 is 5.84. The van der Waals surface area contributed by atoms with Crippen LogP contribution in [0.1, 0.15) is 19.8 Å². The van der Waals surface area contributed by atoms with Crippen molar-refractivity contribution in [2.75, 3.05) is 11.9 Å². The van der Waals surface area contributed by atoms with E-state index in [9.17, 15) is 9.90 Å². The normalized spacial score (nSPS) is 17.9. The lowest BCUT2D eigenvalue weighted by molar-refractivity contribution is 0.159. The topological polar surface area (TPSA) is 61.4 Å². The van der Waals surface area contributed by atoms with Crippen LogP contribution in [0, 0.1) is 5.92 Å². The van der Waals surface area contributed by atoms with E-state index in [4.69, 9.17) is 11.6 Å². The summed E-state index contributed by atoms with van der Waals surface area (Å²) in [5.74, 6) is 0.368. The van der Waals surface area contributed by atoms with Crippen LogP contribution in [0.4, 0.5) is 10.5 Å². The predicted octanol–water partition coefficient (Wildman–Crippen LogP) is 2.62. The number of urea groups is 1. The number of nitrogens with one attached hydrogen (secondary N) is 2. The summed E-state index contributed by atoms with van der Waals surface area (Å²) in [4.78, 5) is 11.9. The third-order valence-corrected chi connectivity index (χ3v) is 3.52. The van der Waals surface area contributed by atoms with Crippen LogP contribution in [-0.4, -0.2) is 23.3 Å². The zero-order valence-electron chi connectivity index (χ0n) is 10.2. The highest BCUT2D eigenvalue weighted by atomic mass is 35.5. The summed E-state index contributed by atoms with van der Waals surface area (Å²) < 4.78 is 0. The number of halogens is 1. The SMILES string of the molecule is CC(CO)(NC(=O)Nc1cccc(Cl)c1)C1CC1. The Morgan fingerprint density at radius 2 is 2.28 bits per heavy atom. The second-order valence-electron chi connectivity index (χ2n) is 4.94. The second kappa shape index (κ2) is 5.16. The molecule has 0 spiro atoms. The Hall–Kier alpha value is -1.26. The number of rotatable bonds is 4. The molecule has 2 rings (SSSR count). The molecule has 5 heteroatoms. The zero-order chi connectivity index (χ0) is 13.2. The summed E-state index contributed by atoms with van der Waals surface area (Å²) in [6.45, 7) is 1.81. The van der Waals surface area contributed by atoms with Crippen molar-refractivity contribution in [3.8, 4) is 0 Å².